The van der Waals surface area contributed by atoms with E-state index in [2.05, 4.69) is 20.3 Å². The topological polar surface area (TPSA) is 107 Å². The summed E-state index contributed by atoms with van der Waals surface area (Å²) in [7, 11) is 1.32. The summed E-state index contributed by atoms with van der Waals surface area (Å²) in [5, 5.41) is 6.23. The maximum absolute atomic E-state index is 11.6. The first-order chi connectivity index (χ1) is 7.69. The van der Waals surface area contributed by atoms with E-state index >= 15 is 0 Å². The van der Waals surface area contributed by atoms with Gasteiger partial charge < -0.3 is 20.7 Å². The number of nitrogens with zero attached hydrogens (tertiary/aromatic N) is 2. The minimum Gasteiger partial charge on any atom is -0.398 e. The van der Waals surface area contributed by atoms with E-state index in [9.17, 15) is 9.59 Å². The van der Waals surface area contributed by atoms with Gasteiger partial charge in [0.2, 0.25) is 0 Å². The number of thiazole rings is 1. The lowest BCUT2D eigenvalue weighted by atomic mass is 10.3. The Hall–Kier alpha value is -1.96. The highest BCUT2D eigenvalue weighted by Gasteiger charge is 2.17. The average Bonchev–Trinajstić information content (AvgIpc) is 2.69. The second kappa shape index (κ2) is 5.81. The summed E-state index contributed by atoms with van der Waals surface area (Å²) >= 11 is 1.10. The number of oxime groups is 1. The second-order valence-corrected chi connectivity index (χ2v) is 3.62. The summed E-state index contributed by atoms with van der Waals surface area (Å²) in [4.78, 5) is 30.5. The lowest BCUT2D eigenvalue weighted by Gasteiger charge is -2.01. The van der Waals surface area contributed by atoms with Crippen molar-refractivity contribution < 1.29 is 14.4 Å². The summed E-state index contributed by atoms with van der Waals surface area (Å²) in [6.07, 6.45) is 1.99. The van der Waals surface area contributed by atoms with Gasteiger partial charge in [-0.25, -0.2) is 4.98 Å². The van der Waals surface area contributed by atoms with Crippen LogP contribution in [0.4, 0.5) is 5.13 Å². The molecule has 8 heteroatoms. The fourth-order valence-electron chi connectivity index (χ4n) is 0.905. The zero-order valence-electron chi connectivity index (χ0n) is 8.47. The van der Waals surface area contributed by atoms with Crippen LogP contribution in [0, 0.1) is 0 Å². The minimum absolute atomic E-state index is 0.0403. The summed E-state index contributed by atoms with van der Waals surface area (Å²) in [6.45, 7) is -0.0874. The van der Waals surface area contributed by atoms with Crippen molar-refractivity contribution in [3.05, 3.63) is 11.1 Å². The van der Waals surface area contributed by atoms with E-state index in [1.807, 2.05) is 0 Å². The summed E-state index contributed by atoms with van der Waals surface area (Å²) in [5.74, 6) is -0.516. The Morgan fingerprint density at radius 2 is 2.56 bits per heavy atom. The first-order valence-electron chi connectivity index (χ1n) is 4.23. The Morgan fingerprint density at radius 1 is 1.81 bits per heavy atom. The fraction of sp³-hybridized carbons (Fsp3) is 0.250. The molecule has 1 rings (SSSR count). The van der Waals surface area contributed by atoms with E-state index in [4.69, 9.17) is 5.73 Å². The van der Waals surface area contributed by atoms with Gasteiger partial charge in [-0.3, -0.25) is 4.79 Å². The molecule has 1 heterocycles. The van der Waals surface area contributed by atoms with Gasteiger partial charge in [-0.2, -0.15) is 0 Å². The zero-order valence-corrected chi connectivity index (χ0v) is 9.28. The number of amides is 1. The van der Waals surface area contributed by atoms with E-state index in [-0.39, 0.29) is 12.3 Å². The summed E-state index contributed by atoms with van der Waals surface area (Å²) in [5.41, 5.74) is 5.48. The predicted molar refractivity (Wildman–Crippen MR) is 59.1 cm³/mol. The molecule has 3 N–H and O–H groups in total. The average molecular weight is 242 g/mol. The number of carbonyl (C=O) groups excluding carboxylic acids is 2. The number of rotatable bonds is 5. The molecule has 0 radical (unpaired) electrons. The molecule has 0 fully saturated rings. The molecule has 0 unspecified atom stereocenters. The second-order valence-electron chi connectivity index (χ2n) is 2.56. The minimum atomic E-state index is -0.516. The van der Waals surface area contributed by atoms with Crippen molar-refractivity contribution in [2.45, 2.75) is 0 Å². The molecule has 0 saturated carbocycles. The third kappa shape index (κ3) is 3.02. The molecule has 7 nitrogen and oxygen atoms in total. The fourth-order valence-corrected chi connectivity index (χ4v) is 1.57. The molecule has 1 aromatic rings. The van der Waals surface area contributed by atoms with Crippen LogP contribution >= 0.6 is 11.3 Å². The number of carbonyl (C=O) groups is 2. The van der Waals surface area contributed by atoms with E-state index < -0.39 is 5.91 Å². The quantitative estimate of drug-likeness (QED) is 0.407. The van der Waals surface area contributed by atoms with E-state index in [1.165, 1.54) is 13.3 Å². The Labute approximate surface area is 95.3 Å². The Morgan fingerprint density at radius 3 is 3.06 bits per heavy atom. The molecular formula is C8H10N4O3S. The van der Waals surface area contributed by atoms with Gasteiger partial charge in [0.1, 0.15) is 13.4 Å². The molecule has 86 valence electrons. The van der Waals surface area contributed by atoms with Crippen molar-refractivity contribution in [3.8, 4) is 0 Å². The van der Waals surface area contributed by atoms with Crippen molar-refractivity contribution in [1.82, 2.24) is 10.3 Å². The van der Waals surface area contributed by atoms with Crippen LogP contribution in [0.1, 0.15) is 4.88 Å². The van der Waals surface area contributed by atoms with E-state index in [0.717, 1.165) is 11.3 Å². The van der Waals surface area contributed by atoms with Crippen molar-refractivity contribution in [2.75, 3.05) is 19.4 Å². The molecule has 0 spiro atoms. The number of nitrogens with two attached hydrogens (primary N) is 1. The van der Waals surface area contributed by atoms with Gasteiger partial charge in [-0.15, -0.1) is 0 Å². The third-order valence-corrected chi connectivity index (χ3v) is 2.33. The van der Waals surface area contributed by atoms with Crippen molar-refractivity contribution >= 4 is 34.4 Å². The number of hydrogen-bond donors (Lipinski definition) is 2. The molecule has 0 aromatic carbocycles. The van der Waals surface area contributed by atoms with Gasteiger partial charge in [0.05, 0.1) is 11.4 Å². The monoisotopic (exact) mass is 242 g/mol. The highest BCUT2D eigenvalue weighted by molar-refractivity contribution is 7.18. The maximum Gasteiger partial charge on any atom is 0.275 e. The maximum atomic E-state index is 11.6. The van der Waals surface area contributed by atoms with Gasteiger partial charge in [0.25, 0.3) is 5.91 Å². The van der Waals surface area contributed by atoms with Crippen LogP contribution in [0.2, 0.25) is 0 Å². The molecule has 16 heavy (non-hydrogen) atoms. The molecule has 0 aliphatic rings. The van der Waals surface area contributed by atoms with Gasteiger partial charge in [-0.1, -0.05) is 16.5 Å². The molecule has 0 aliphatic heterocycles. The third-order valence-electron chi connectivity index (χ3n) is 1.50. The SMILES string of the molecule is CO/N=C(/C(=O)NCC=O)c1cnc(N)s1. The van der Waals surface area contributed by atoms with Gasteiger partial charge in [0.15, 0.2) is 10.8 Å². The lowest BCUT2D eigenvalue weighted by molar-refractivity contribution is -0.117. The number of anilines is 1. The number of aromatic nitrogens is 1. The Balaban J connectivity index is 2.87. The molecule has 0 atom stereocenters. The number of aldehydes is 1. The highest BCUT2D eigenvalue weighted by Crippen LogP contribution is 2.15. The number of hydrogen-bond acceptors (Lipinski definition) is 7. The van der Waals surface area contributed by atoms with Crippen LogP contribution in [0.15, 0.2) is 11.4 Å². The van der Waals surface area contributed by atoms with E-state index in [1.54, 1.807) is 0 Å². The molecule has 1 aromatic heterocycles. The summed E-state index contributed by atoms with van der Waals surface area (Å²) in [6, 6.07) is 0. The molecule has 1 amide bonds. The first kappa shape index (κ1) is 12.1. The molecule has 0 aliphatic carbocycles. The van der Waals surface area contributed by atoms with Crippen molar-refractivity contribution in [2.24, 2.45) is 5.16 Å². The highest BCUT2D eigenvalue weighted by atomic mass is 32.1. The molecular weight excluding hydrogens is 232 g/mol. The smallest absolute Gasteiger partial charge is 0.275 e. The predicted octanol–water partition coefficient (Wildman–Crippen LogP) is -0.609. The van der Waals surface area contributed by atoms with Crippen LogP contribution in [-0.4, -0.2) is 36.5 Å². The number of nitrogens with one attached hydrogen (secondary N) is 1. The Kier molecular flexibility index (Phi) is 4.40. The standard InChI is InChI=1S/C8H10N4O3S/c1-15-12-6(7(14)10-2-3-13)5-4-11-8(9)16-5/h3-4H,2H2,1H3,(H2,9,11)(H,10,14)/b12-6+. The van der Waals surface area contributed by atoms with Crippen molar-refractivity contribution in [3.63, 3.8) is 0 Å². The van der Waals surface area contributed by atoms with Crippen molar-refractivity contribution in [1.29, 1.82) is 0 Å². The van der Waals surface area contributed by atoms with Crippen LogP contribution in [0.5, 0.6) is 0 Å². The van der Waals surface area contributed by atoms with Crippen LogP contribution in [0.25, 0.3) is 0 Å². The van der Waals surface area contributed by atoms with Crippen LogP contribution in [-0.2, 0) is 14.4 Å². The molecule has 0 saturated heterocycles. The van der Waals surface area contributed by atoms with Crippen LogP contribution in [0.3, 0.4) is 0 Å². The van der Waals surface area contributed by atoms with Crippen LogP contribution < -0.4 is 11.1 Å². The molecule has 0 bridgehead atoms. The Bertz CT molecular complexity index is 415. The largest absolute Gasteiger partial charge is 0.398 e. The van der Waals surface area contributed by atoms with Gasteiger partial charge >= 0.3 is 0 Å². The first-order valence-corrected chi connectivity index (χ1v) is 5.05. The number of nitrogen functional groups attached to an aromatic ring is 1. The van der Waals surface area contributed by atoms with Gasteiger partial charge in [-0.05, 0) is 0 Å². The normalized spacial score (nSPS) is 10.9. The summed E-state index contributed by atoms with van der Waals surface area (Å²) < 4.78 is 0. The zero-order chi connectivity index (χ0) is 12.0. The lowest BCUT2D eigenvalue weighted by Crippen LogP contribution is -2.32. The van der Waals surface area contributed by atoms with E-state index in [0.29, 0.717) is 16.3 Å². The van der Waals surface area contributed by atoms with Gasteiger partial charge in [0, 0.05) is 6.20 Å².